The number of nitrogens with zero attached hydrogens (tertiary/aromatic N) is 1. The van der Waals surface area contributed by atoms with Gasteiger partial charge in [0.25, 0.3) is 0 Å². The molecule has 0 aliphatic carbocycles. The third-order valence-corrected chi connectivity index (χ3v) is 4.91. The van der Waals surface area contributed by atoms with E-state index in [2.05, 4.69) is 0 Å². The Balaban J connectivity index is 2.18. The Bertz CT molecular complexity index is 857. The van der Waals surface area contributed by atoms with Crippen molar-refractivity contribution in [3.05, 3.63) is 54.1 Å². The Kier molecular flexibility index (Phi) is 4.21. The first-order chi connectivity index (χ1) is 11.1. The van der Waals surface area contributed by atoms with Gasteiger partial charge in [-0.1, -0.05) is 30.3 Å². The van der Waals surface area contributed by atoms with Crippen molar-refractivity contribution < 1.29 is 9.53 Å². The number of benzene rings is 2. The second-order valence-electron chi connectivity index (χ2n) is 5.12. The molecule has 0 atom stereocenters. The summed E-state index contributed by atoms with van der Waals surface area (Å²) in [6.45, 7) is 2.16. The highest BCUT2D eigenvalue weighted by molar-refractivity contribution is 7.23. The molecule has 0 unspecified atom stereocenters. The van der Waals surface area contributed by atoms with Gasteiger partial charge in [0.1, 0.15) is 10.6 Å². The highest BCUT2D eigenvalue weighted by Crippen LogP contribution is 2.42. The summed E-state index contributed by atoms with van der Waals surface area (Å²) < 4.78 is 6.31. The molecule has 3 rings (SSSR count). The fraction of sp³-hybridized carbons (Fsp3) is 0.167. The summed E-state index contributed by atoms with van der Waals surface area (Å²) in [4.78, 5) is 14.4. The Hall–Kier alpha value is -2.53. The number of ether oxygens (including phenoxy) is 1. The van der Waals surface area contributed by atoms with Crippen molar-refractivity contribution in [2.75, 3.05) is 24.3 Å². The number of hydrogen-bond acceptors (Lipinski definition) is 5. The highest BCUT2D eigenvalue weighted by Gasteiger charge is 2.23. The van der Waals surface area contributed by atoms with E-state index in [1.165, 1.54) is 0 Å². The minimum atomic E-state index is -0.304. The molecular weight excluding hydrogens is 308 g/mol. The number of esters is 1. The number of fused-ring (bicyclic) bond motifs is 1. The standard InChI is InChI=1S/C18H18N2O2S/c1-3-22-18(21)16-12-8-4-7-11-15(12)23-17(16)20(2)14-10-6-5-9-13(14)19/h4-11H,3,19H2,1-2H3. The molecule has 0 aliphatic heterocycles. The van der Waals surface area contributed by atoms with E-state index in [0.29, 0.717) is 17.9 Å². The number of hydrogen-bond donors (Lipinski definition) is 1. The average Bonchev–Trinajstić information content (AvgIpc) is 2.94. The molecule has 118 valence electrons. The molecule has 0 fully saturated rings. The van der Waals surface area contributed by atoms with Gasteiger partial charge in [0.05, 0.1) is 18.0 Å². The summed E-state index contributed by atoms with van der Waals surface area (Å²) in [5.41, 5.74) is 8.21. The second-order valence-corrected chi connectivity index (χ2v) is 6.15. The van der Waals surface area contributed by atoms with E-state index in [-0.39, 0.29) is 5.97 Å². The molecule has 5 heteroatoms. The van der Waals surface area contributed by atoms with Gasteiger partial charge >= 0.3 is 5.97 Å². The zero-order valence-corrected chi connectivity index (χ0v) is 13.9. The molecule has 23 heavy (non-hydrogen) atoms. The van der Waals surface area contributed by atoms with Crippen molar-refractivity contribution in [3.8, 4) is 0 Å². The lowest BCUT2D eigenvalue weighted by atomic mass is 10.1. The molecule has 2 N–H and O–H groups in total. The lowest BCUT2D eigenvalue weighted by molar-refractivity contribution is 0.0530. The lowest BCUT2D eigenvalue weighted by Gasteiger charge is -2.20. The number of carbonyl (C=O) groups excluding carboxylic acids is 1. The fourth-order valence-electron chi connectivity index (χ4n) is 2.57. The number of anilines is 3. The Morgan fingerprint density at radius 3 is 2.61 bits per heavy atom. The van der Waals surface area contributed by atoms with Crippen LogP contribution in [0.1, 0.15) is 17.3 Å². The molecular formula is C18H18N2O2S. The van der Waals surface area contributed by atoms with Crippen molar-refractivity contribution in [2.45, 2.75) is 6.92 Å². The molecule has 0 radical (unpaired) electrons. The molecule has 3 aromatic rings. The van der Waals surface area contributed by atoms with E-state index in [4.69, 9.17) is 10.5 Å². The van der Waals surface area contributed by atoms with E-state index < -0.39 is 0 Å². The molecule has 0 amide bonds. The third kappa shape index (κ3) is 2.75. The first kappa shape index (κ1) is 15.4. The summed E-state index contributed by atoms with van der Waals surface area (Å²) in [5.74, 6) is -0.304. The molecule has 0 aliphatic rings. The monoisotopic (exact) mass is 326 g/mol. The average molecular weight is 326 g/mol. The molecule has 0 saturated heterocycles. The van der Waals surface area contributed by atoms with Crippen LogP contribution in [-0.4, -0.2) is 19.6 Å². The van der Waals surface area contributed by atoms with Crippen LogP contribution >= 0.6 is 11.3 Å². The Morgan fingerprint density at radius 1 is 1.17 bits per heavy atom. The van der Waals surface area contributed by atoms with Crippen molar-refractivity contribution in [3.63, 3.8) is 0 Å². The molecule has 0 spiro atoms. The van der Waals surface area contributed by atoms with Crippen molar-refractivity contribution in [1.82, 2.24) is 0 Å². The van der Waals surface area contributed by atoms with Crippen LogP contribution in [-0.2, 0) is 4.74 Å². The van der Waals surface area contributed by atoms with Gasteiger partial charge in [0.2, 0.25) is 0 Å². The maximum absolute atomic E-state index is 12.5. The van der Waals surface area contributed by atoms with Crippen LogP contribution in [0, 0.1) is 0 Å². The zero-order valence-electron chi connectivity index (χ0n) is 13.1. The van der Waals surface area contributed by atoms with E-state index in [1.54, 1.807) is 11.3 Å². The van der Waals surface area contributed by atoms with Crippen LogP contribution in [0.4, 0.5) is 16.4 Å². The maximum Gasteiger partial charge on any atom is 0.341 e. The Labute approximate surface area is 139 Å². The van der Waals surface area contributed by atoms with Crippen molar-refractivity contribution >= 4 is 43.8 Å². The summed E-state index contributed by atoms with van der Waals surface area (Å²) in [7, 11) is 1.92. The van der Waals surface area contributed by atoms with E-state index in [1.807, 2.05) is 67.4 Å². The number of carbonyl (C=O) groups is 1. The number of para-hydroxylation sites is 2. The lowest BCUT2D eigenvalue weighted by Crippen LogP contribution is -2.14. The first-order valence-corrected chi connectivity index (χ1v) is 8.22. The quantitative estimate of drug-likeness (QED) is 0.569. The summed E-state index contributed by atoms with van der Waals surface area (Å²) in [6.07, 6.45) is 0. The minimum absolute atomic E-state index is 0.304. The topological polar surface area (TPSA) is 55.6 Å². The van der Waals surface area contributed by atoms with Crippen LogP contribution in [0.15, 0.2) is 48.5 Å². The van der Waals surface area contributed by atoms with Crippen LogP contribution in [0.5, 0.6) is 0 Å². The largest absolute Gasteiger partial charge is 0.462 e. The number of thiophene rings is 1. The molecule has 0 bridgehead atoms. The van der Waals surface area contributed by atoms with Gasteiger partial charge in [0, 0.05) is 17.1 Å². The second kappa shape index (κ2) is 6.30. The van der Waals surface area contributed by atoms with Gasteiger partial charge in [-0.05, 0) is 25.1 Å². The van der Waals surface area contributed by atoms with E-state index in [9.17, 15) is 4.79 Å². The molecule has 0 saturated carbocycles. The molecule has 2 aromatic carbocycles. The predicted molar refractivity (Wildman–Crippen MR) is 96.7 cm³/mol. The highest BCUT2D eigenvalue weighted by atomic mass is 32.1. The van der Waals surface area contributed by atoms with E-state index in [0.717, 1.165) is 20.8 Å². The normalized spacial score (nSPS) is 10.7. The van der Waals surface area contributed by atoms with Crippen LogP contribution < -0.4 is 10.6 Å². The van der Waals surface area contributed by atoms with Gasteiger partial charge in [-0.2, -0.15) is 0 Å². The van der Waals surface area contributed by atoms with Crippen LogP contribution in [0.25, 0.3) is 10.1 Å². The first-order valence-electron chi connectivity index (χ1n) is 7.40. The fourth-order valence-corrected chi connectivity index (χ4v) is 3.74. The molecule has 4 nitrogen and oxygen atoms in total. The van der Waals surface area contributed by atoms with Crippen molar-refractivity contribution in [2.24, 2.45) is 0 Å². The van der Waals surface area contributed by atoms with Gasteiger partial charge in [-0.3, -0.25) is 0 Å². The van der Waals surface area contributed by atoms with Gasteiger partial charge in [0.15, 0.2) is 0 Å². The smallest absolute Gasteiger partial charge is 0.341 e. The van der Waals surface area contributed by atoms with Gasteiger partial charge < -0.3 is 15.4 Å². The summed E-state index contributed by atoms with van der Waals surface area (Å²) in [6, 6.07) is 15.5. The van der Waals surface area contributed by atoms with Crippen molar-refractivity contribution in [1.29, 1.82) is 0 Å². The number of rotatable bonds is 4. The van der Waals surface area contributed by atoms with Crippen LogP contribution in [0.2, 0.25) is 0 Å². The SMILES string of the molecule is CCOC(=O)c1c(N(C)c2ccccc2N)sc2ccccc12. The minimum Gasteiger partial charge on any atom is -0.462 e. The summed E-state index contributed by atoms with van der Waals surface area (Å²) >= 11 is 1.56. The zero-order chi connectivity index (χ0) is 16.4. The van der Waals surface area contributed by atoms with Gasteiger partial charge in [-0.15, -0.1) is 11.3 Å². The molecule has 1 heterocycles. The van der Waals surface area contributed by atoms with Gasteiger partial charge in [-0.25, -0.2) is 4.79 Å². The maximum atomic E-state index is 12.5. The molecule has 1 aromatic heterocycles. The Morgan fingerprint density at radius 2 is 1.87 bits per heavy atom. The number of nitrogens with two attached hydrogens (primary N) is 1. The summed E-state index contributed by atoms with van der Waals surface area (Å²) in [5, 5.41) is 1.75. The number of nitrogen functional groups attached to an aromatic ring is 1. The van der Waals surface area contributed by atoms with E-state index >= 15 is 0 Å². The predicted octanol–water partition coefficient (Wildman–Crippen LogP) is 4.43. The third-order valence-electron chi connectivity index (χ3n) is 3.66. The van der Waals surface area contributed by atoms with Crippen LogP contribution in [0.3, 0.4) is 0 Å².